The van der Waals surface area contributed by atoms with Crippen molar-refractivity contribution in [1.29, 1.82) is 0 Å². The van der Waals surface area contributed by atoms with Gasteiger partial charge in [0.15, 0.2) is 0 Å². The van der Waals surface area contributed by atoms with Crippen molar-refractivity contribution in [3.63, 3.8) is 0 Å². The lowest BCUT2D eigenvalue weighted by Crippen LogP contribution is -2.48. The van der Waals surface area contributed by atoms with Crippen LogP contribution in [0.3, 0.4) is 0 Å². The van der Waals surface area contributed by atoms with Crippen LogP contribution in [-0.4, -0.2) is 49.6 Å². The average Bonchev–Trinajstić information content (AvgIpc) is 2.86. The number of piperidine rings is 1. The molecule has 2 fully saturated rings. The van der Waals surface area contributed by atoms with E-state index in [9.17, 15) is 13.2 Å². The number of nitrogens with one attached hydrogen (secondary N) is 1. The van der Waals surface area contributed by atoms with E-state index in [1.807, 2.05) is 0 Å². The summed E-state index contributed by atoms with van der Waals surface area (Å²) in [5.41, 5.74) is 5.82. The monoisotopic (exact) mass is 339 g/mol. The number of nitrogens with zero attached hydrogens (tertiary/aromatic N) is 1. The van der Waals surface area contributed by atoms with Gasteiger partial charge in [0.25, 0.3) is 0 Å². The van der Waals surface area contributed by atoms with Crippen molar-refractivity contribution < 1.29 is 13.2 Å². The highest BCUT2D eigenvalue weighted by Crippen LogP contribution is 2.25. The van der Waals surface area contributed by atoms with Gasteiger partial charge in [0.1, 0.15) is 0 Å². The Morgan fingerprint density at radius 3 is 2.33 bits per heavy atom. The summed E-state index contributed by atoms with van der Waals surface area (Å²) in [6, 6.07) is 0.255. The summed E-state index contributed by atoms with van der Waals surface area (Å²) in [5.74, 6) is 0.279. The zero-order valence-electron chi connectivity index (χ0n) is 12.5. The third-order valence-electron chi connectivity index (χ3n) is 4.40. The molecule has 1 heterocycles. The number of halogens is 1. The van der Waals surface area contributed by atoms with E-state index in [0.717, 1.165) is 19.3 Å². The van der Waals surface area contributed by atoms with Gasteiger partial charge >= 0.3 is 0 Å². The highest BCUT2D eigenvalue weighted by molar-refractivity contribution is 7.89. The predicted octanol–water partition coefficient (Wildman–Crippen LogP) is 0.466. The highest BCUT2D eigenvalue weighted by Gasteiger charge is 2.31. The summed E-state index contributed by atoms with van der Waals surface area (Å²) in [5, 5.41) is 3.06. The predicted molar refractivity (Wildman–Crippen MR) is 84.8 cm³/mol. The van der Waals surface area contributed by atoms with Gasteiger partial charge in [-0.25, -0.2) is 12.7 Å². The minimum Gasteiger partial charge on any atom is -0.353 e. The van der Waals surface area contributed by atoms with E-state index in [1.165, 1.54) is 4.31 Å². The molecule has 1 aliphatic heterocycles. The smallest absolute Gasteiger partial charge is 0.223 e. The number of amides is 1. The quantitative estimate of drug-likeness (QED) is 0.778. The molecule has 1 saturated carbocycles. The lowest BCUT2D eigenvalue weighted by atomic mass is 10.0. The largest absolute Gasteiger partial charge is 0.353 e. The topological polar surface area (TPSA) is 92.5 Å². The van der Waals surface area contributed by atoms with Gasteiger partial charge in [0.05, 0.1) is 5.75 Å². The molecule has 0 aromatic rings. The molecule has 1 aliphatic carbocycles. The molecular weight excluding hydrogens is 314 g/mol. The third-order valence-corrected chi connectivity index (χ3v) is 6.28. The zero-order chi connectivity index (χ0) is 14.8. The van der Waals surface area contributed by atoms with Gasteiger partial charge in [-0.3, -0.25) is 4.79 Å². The Labute approximate surface area is 133 Å². The van der Waals surface area contributed by atoms with E-state index < -0.39 is 10.0 Å². The maximum atomic E-state index is 12.1. The Bertz CT molecular complexity index is 450. The third kappa shape index (κ3) is 4.81. The lowest BCUT2D eigenvalue weighted by Gasteiger charge is -2.31. The minimum absolute atomic E-state index is 0. The Kier molecular flexibility index (Phi) is 6.90. The van der Waals surface area contributed by atoms with Crippen molar-refractivity contribution in [2.75, 3.05) is 18.8 Å². The first kappa shape index (κ1) is 18.7. The maximum absolute atomic E-state index is 12.1. The van der Waals surface area contributed by atoms with Gasteiger partial charge in [0, 0.05) is 31.1 Å². The van der Waals surface area contributed by atoms with Crippen LogP contribution in [0.5, 0.6) is 0 Å². The molecule has 1 amide bonds. The average molecular weight is 340 g/mol. The molecule has 8 heteroatoms. The van der Waals surface area contributed by atoms with Crippen LogP contribution in [0.1, 0.15) is 39.0 Å². The molecular formula is C13H26ClN3O3S. The second kappa shape index (κ2) is 7.76. The van der Waals surface area contributed by atoms with Crippen molar-refractivity contribution >= 4 is 28.3 Å². The van der Waals surface area contributed by atoms with E-state index in [-0.39, 0.29) is 42.1 Å². The first-order valence-electron chi connectivity index (χ1n) is 7.46. The van der Waals surface area contributed by atoms with Crippen LogP contribution in [0.15, 0.2) is 0 Å². The van der Waals surface area contributed by atoms with Crippen molar-refractivity contribution in [3.8, 4) is 0 Å². The van der Waals surface area contributed by atoms with Crippen LogP contribution < -0.4 is 11.1 Å². The van der Waals surface area contributed by atoms with E-state index in [2.05, 4.69) is 5.32 Å². The molecule has 1 saturated heterocycles. The standard InChI is InChI=1S/C13H25N3O3S.ClH/c1-2-20(18,19)16-7-5-12(6-8-16)15-13(17)10-3-4-11(14)9-10;/h10-12H,2-9,14H2,1H3,(H,15,17);1H. The second-order valence-electron chi connectivity index (χ2n) is 5.85. The van der Waals surface area contributed by atoms with Gasteiger partial charge in [-0.2, -0.15) is 0 Å². The SMILES string of the molecule is CCS(=O)(=O)N1CCC(NC(=O)C2CCC(N)C2)CC1.Cl. The van der Waals surface area contributed by atoms with Gasteiger partial charge in [-0.05, 0) is 39.0 Å². The van der Waals surface area contributed by atoms with Gasteiger partial charge in [0.2, 0.25) is 15.9 Å². The molecule has 0 aromatic heterocycles. The van der Waals surface area contributed by atoms with Crippen LogP contribution in [0.2, 0.25) is 0 Å². The molecule has 0 bridgehead atoms. The normalized spacial score (nSPS) is 28.1. The van der Waals surface area contributed by atoms with Crippen LogP contribution in [-0.2, 0) is 14.8 Å². The lowest BCUT2D eigenvalue weighted by molar-refractivity contribution is -0.125. The number of hydrogen-bond donors (Lipinski definition) is 2. The molecule has 0 spiro atoms. The molecule has 124 valence electrons. The summed E-state index contributed by atoms with van der Waals surface area (Å²) in [6.45, 7) is 2.67. The fraction of sp³-hybridized carbons (Fsp3) is 0.923. The van der Waals surface area contributed by atoms with E-state index in [4.69, 9.17) is 5.73 Å². The molecule has 0 aromatic carbocycles. The molecule has 21 heavy (non-hydrogen) atoms. The van der Waals surface area contributed by atoms with E-state index in [1.54, 1.807) is 6.92 Å². The Hall–Kier alpha value is -0.370. The van der Waals surface area contributed by atoms with Gasteiger partial charge < -0.3 is 11.1 Å². The summed E-state index contributed by atoms with van der Waals surface area (Å²) >= 11 is 0. The van der Waals surface area contributed by atoms with Crippen molar-refractivity contribution in [2.45, 2.75) is 51.1 Å². The number of sulfonamides is 1. The van der Waals surface area contributed by atoms with Crippen LogP contribution in [0.4, 0.5) is 0 Å². The summed E-state index contributed by atoms with van der Waals surface area (Å²) in [6.07, 6.45) is 3.96. The maximum Gasteiger partial charge on any atom is 0.223 e. The second-order valence-corrected chi connectivity index (χ2v) is 8.11. The molecule has 3 N–H and O–H groups in total. The number of nitrogens with two attached hydrogens (primary N) is 1. The summed E-state index contributed by atoms with van der Waals surface area (Å²) < 4.78 is 25.0. The Balaban J connectivity index is 0.00000220. The van der Waals surface area contributed by atoms with Crippen LogP contribution in [0.25, 0.3) is 0 Å². The number of carbonyl (C=O) groups excluding carboxylic acids is 1. The Morgan fingerprint density at radius 1 is 1.24 bits per heavy atom. The van der Waals surface area contributed by atoms with Crippen LogP contribution >= 0.6 is 12.4 Å². The summed E-state index contributed by atoms with van der Waals surface area (Å²) in [4.78, 5) is 12.1. The highest BCUT2D eigenvalue weighted by atomic mass is 35.5. The van der Waals surface area contributed by atoms with Crippen molar-refractivity contribution in [3.05, 3.63) is 0 Å². The molecule has 6 nitrogen and oxygen atoms in total. The molecule has 2 rings (SSSR count). The fourth-order valence-electron chi connectivity index (χ4n) is 3.03. The van der Waals surface area contributed by atoms with Crippen molar-refractivity contribution in [1.82, 2.24) is 9.62 Å². The van der Waals surface area contributed by atoms with Crippen molar-refractivity contribution in [2.24, 2.45) is 11.7 Å². The number of hydrogen-bond acceptors (Lipinski definition) is 4. The Morgan fingerprint density at radius 2 is 1.86 bits per heavy atom. The van der Waals surface area contributed by atoms with Gasteiger partial charge in [-0.1, -0.05) is 0 Å². The number of carbonyl (C=O) groups is 1. The summed E-state index contributed by atoms with van der Waals surface area (Å²) in [7, 11) is -3.09. The first-order chi connectivity index (χ1) is 9.42. The molecule has 2 unspecified atom stereocenters. The fourth-order valence-corrected chi connectivity index (χ4v) is 4.17. The first-order valence-corrected chi connectivity index (χ1v) is 9.07. The number of rotatable bonds is 4. The minimum atomic E-state index is -3.09. The molecule has 0 radical (unpaired) electrons. The van der Waals surface area contributed by atoms with Crippen LogP contribution in [0, 0.1) is 5.92 Å². The van der Waals surface area contributed by atoms with Gasteiger partial charge in [-0.15, -0.1) is 12.4 Å². The van der Waals surface area contributed by atoms with E-state index in [0.29, 0.717) is 25.9 Å². The van der Waals surface area contributed by atoms with E-state index >= 15 is 0 Å². The molecule has 2 aliphatic rings. The molecule has 2 atom stereocenters. The zero-order valence-corrected chi connectivity index (χ0v) is 14.1.